The van der Waals surface area contributed by atoms with E-state index in [0.717, 1.165) is 16.6 Å². The van der Waals surface area contributed by atoms with Crippen LogP contribution in [0.4, 0.5) is 4.39 Å². The van der Waals surface area contributed by atoms with E-state index in [1.165, 1.54) is 44.6 Å². The third-order valence-electron chi connectivity index (χ3n) is 5.16. The zero-order valence-electron chi connectivity index (χ0n) is 16.1. The number of hydrogen-bond donors (Lipinski definition) is 1. The van der Waals surface area contributed by atoms with Crippen molar-refractivity contribution in [2.75, 3.05) is 7.11 Å². The zero-order chi connectivity index (χ0) is 19.9. The molecule has 1 saturated carbocycles. The van der Waals surface area contributed by atoms with Crippen molar-refractivity contribution >= 4 is 27.5 Å². The molecule has 3 nitrogen and oxygen atoms in total. The number of ether oxygens (including phenoxy) is 2. The summed E-state index contributed by atoms with van der Waals surface area (Å²) in [7, 11) is 1.60. The van der Waals surface area contributed by atoms with Gasteiger partial charge in [-0.1, -0.05) is 43.4 Å². The van der Waals surface area contributed by atoms with Crippen LogP contribution < -0.4 is 14.8 Å². The molecule has 0 aliphatic heterocycles. The van der Waals surface area contributed by atoms with Crippen molar-refractivity contribution in [3.8, 4) is 11.5 Å². The Hall–Kier alpha value is -1.30. The van der Waals surface area contributed by atoms with E-state index < -0.39 is 0 Å². The first kappa shape index (κ1) is 21.4. The summed E-state index contributed by atoms with van der Waals surface area (Å²) in [6.07, 6.45) is 7.77. The Bertz CT molecular complexity index is 774. The van der Waals surface area contributed by atoms with Crippen LogP contribution in [0, 0.1) is 5.82 Å². The molecule has 2 aromatic carbocycles. The fraction of sp³-hybridized carbons (Fsp3) is 0.455. The average molecular weight is 471 g/mol. The smallest absolute Gasteiger partial charge is 0.175 e. The summed E-state index contributed by atoms with van der Waals surface area (Å²) in [6.45, 7) is 0.805. The number of nitrogens with one attached hydrogen (secondary N) is 1. The highest BCUT2D eigenvalue weighted by molar-refractivity contribution is 9.10. The predicted octanol–water partition coefficient (Wildman–Crippen LogP) is 6.64. The lowest BCUT2D eigenvalue weighted by molar-refractivity contribution is 0.277. The Balaban J connectivity index is 1.68. The van der Waals surface area contributed by atoms with Gasteiger partial charge in [0, 0.05) is 18.2 Å². The molecule has 6 heteroatoms. The van der Waals surface area contributed by atoms with Gasteiger partial charge in [0.25, 0.3) is 0 Å². The molecule has 0 bridgehead atoms. The van der Waals surface area contributed by atoms with Crippen LogP contribution in [0.25, 0.3) is 0 Å². The van der Waals surface area contributed by atoms with Gasteiger partial charge < -0.3 is 14.8 Å². The minimum atomic E-state index is -0.383. The summed E-state index contributed by atoms with van der Waals surface area (Å²) in [6, 6.07) is 9.16. The third-order valence-corrected chi connectivity index (χ3v) is 6.10. The maximum atomic E-state index is 14.0. The fourth-order valence-corrected chi connectivity index (χ4v) is 4.40. The van der Waals surface area contributed by atoms with E-state index in [4.69, 9.17) is 21.1 Å². The molecule has 152 valence electrons. The second-order valence-electron chi connectivity index (χ2n) is 7.17. The van der Waals surface area contributed by atoms with Gasteiger partial charge in [0.05, 0.1) is 16.6 Å². The molecule has 0 atom stereocenters. The molecule has 2 aromatic rings. The van der Waals surface area contributed by atoms with Crippen LogP contribution in [-0.2, 0) is 13.2 Å². The van der Waals surface area contributed by atoms with Gasteiger partial charge in [0.15, 0.2) is 11.5 Å². The van der Waals surface area contributed by atoms with Crippen LogP contribution in [-0.4, -0.2) is 13.2 Å². The Morgan fingerprint density at radius 3 is 2.61 bits per heavy atom. The molecular weight excluding hydrogens is 445 g/mol. The van der Waals surface area contributed by atoms with Gasteiger partial charge in [-0.25, -0.2) is 4.39 Å². The Morgan fingerprint density at radius 2 is 1.93 bits per heavy atom. The maximum absolute atomic E-state index is 14.0. The summed E-state index contributed by atoms with van der Waals surface area (Å²) < 4.78 is 26.1. The topological polar surface area (TPSA) is 30.5 Å². The highest BCUT2D eigenvalue weighted by atomic mass is 79.9. The second kappa shape index (κ2) is 10.5. The van der Waals surface area contributed by atoms with E-state index in [9.17, 15) is 4.39 Å². The van der Waals surface area contributed by atoms with Crippen LogP contribution in [0.2, 0.25) is 5.02 Å². The Morgan fingerprint density at radius 1 is 1.18 bits per heavy atom. The fourth-order valence-electron chi connectivity index (χ4n) is 3.58. The van der Waals surface area contributed by atoms with Gasteiger partial charge in [0.1, 0.15) is 12.4 Å². The molecule has 0 saturated heterocycles. The zero-order valence-corrected chi connectivity index (χ0v) is 18.4. The van der Waals surface area contributed by atoms with Crippen molar-refractivity contribution in [3.63, 3.8) is 0 Å². The van der Waals surface area contributed by atoms with Crippen molar-refractivity contribution in [2.24, 2.45) is 0 Å². The highest BCUT2D eigenvalue weighted by Gasteiger charge is 2.16. The summed E-state index contributed by atoms with van der Waals surface area (Å²) in [5, 5.41) is 4.01. The van der Waals surface area contributed by atoms with Gasteiger partial charge in [-0.2, -0.15) is 0 Å². The monoisotopic (exact) mass is 469 g/mol. The van der Waals surface area contributed by atoms with Gasteiger partial charge in [0.2, 0.25) is 0 Å². The lowest BCUT2D eigenvalue weighted by Gasteiger charge is -2.18. The number of halogens is 3. The first-order chi connectivity index (χ1) is 13.6. The summed E-state index contributed by atoms with van der Waals surface area (Å²) >= 11 is 9.66. The van der Waals surface area contributed by atoms with E-state index in [-0.39, 0.29) is 12.4 Å². The molecule has 0 aromatic heterocycles. The molecule has 1 N–H and O–H groups in total. The van der Waals surface area contributed by atoms with Crippen LogP contribution >= 0.6 is 27.5 Å². The summed E-state index contributed by atoms with van der Waals surface area (Å²) in [5.74, 6) is 0.770. The second-order valence-corrected chi connectivity index (χ2v) is 8.43. The number of benzene rings is 2. The van der Waals surface area contributed by atoms with Crippen molar-refractivity contribution in [1.82, 2.24) is 5.32 Å². The lowest BCUT2D eigenvalue weighted by Crippen LogP contribution is -2.27. The molecule has 1 aliphatic carbocycles. The molecule has 1 aliphatic rings. The van der Waals surface area contributed by atoms with Gasteiger partial charge in [-0.05, 0) is 58.6 Å². The summed E-state index contributed by atoms with van der Waals surface area (Å²) in [4.78, 5) is 0. The number of rotatable bonds is 7. The van der Waals surface area contributed by atoms with E-state index in [2.05, 4.69) is 21.2 Å². The highest BCUT2D eigenvalue weighted by Crippen LogP contribution is 2.38. The van der Waals surface area contributed by atoms with Crippen LogP contribution in [0.5, 0.6) is 11.5 Å². The maximum Gasteiger partial charge on any atom is 0.175 e. The molecule has 0 spiro atoms. The molecule has 0 unspecified atom stereocenters. The first-order valence-corrected chi connectivity index (χ1v) is 10.9. The van der Waals surface area contributed by atoms with E-state index in [1.807, 2.05) is 12.1 Å². The van der Waals surface area contributed by atoms with Crippen molar-refractivity contribution in [1.29, 1.82) is 0 Å². The van der Waals surface area contributed by atoms with Crippen molar-refractivity contribution in [3.05, 3.63) is 56.8 Å². The molecule has 0 amide bonds. The molecule has 0 radical (unpaired) electrons. The van der Waals surface area contributed by atoms with E-state index in [0.29, 0.717) is 28.1 Å². The average Bonchev–Trinajstić information content (AvgIpc) is 2.95. The summed E-state index contributed by atoms with van der Waals surface area (Å²) in [5.41, 5.74) is 1.45. The number of methoxy groups -OCH3 is 1. The molecule has 28 heavy (non-hydrogen) atoms. The van der Waals surface area contributed by atoms with Gasteiger partial charge >= 0.3 is 0 Å². The molecular formula is C22H26BrClFNO2. The van der Waals surface area contributed by atoms with Crippen molar-refractivity contribution < 1.29 is 13.9 Å². The largest absolute Gasteiger partial charge is 0.493 e. The lowest BCUT2D eigenvalue weighted by atomic mass is 10.1. The third kappa shape index (κ3) is 5.62. The van der Waals surface area contributed by atoms with Gasteiger partial charge in [-0.15, -0.1) is 0 Å². The standard InChI is InChI=1S/C22H26BrClFNO2/c1-27-21-12-15(13-26-16-7-4-2-3-5-8-16)11-18(23)22(21)28-14-17-19(24)9-6-10-20(17)25/h6,9-12,16,26H,2-5,7-8,13-14H2,1H3. The normalized spacial score (nSPS) is 15.3. The van der Waals surface area contributed by atoms with Gasteiger partial charge in [-0.3, -0.25) is 0 Å². The SMILES string of the molecule is COc1cc(CNC2CCCCCC2)cc(Br)c1OCc1c(F)cccc1Cl. The molecule has 1 fully saturated rings. The quantitative estimate of drug-likeness (QED) is 0.460. The van der Waals surface area contributed by atoms with Crippen LogP contribution in [0.3, 0.4) is 0 Å². The van der Waals surface area contributed by atoms with Crippen LogP contribution in [0.15, 0.2) is 34.8 Å². The molecule has 0 heterocycles. The van der Waals surface area contributed by atoms with E-state index in [1.54, 1.807) is 19.2 Å². The van der Waals surface area contributed by atoms with Crippen molar-refractivity contribution in [2.45, 2.75) is 57.7 Å². The predicted molar refractivity (Wildman–Crippen MR) is 115 cm³/mol. The first-order valence-electron chi connectivity index (χ1n) is 9.74. The minimum Gasteiger partial charge on any atom is -0.493 e. The Labute approximate surface area is 179 Å². The van der Waals surface area contributed by atoms with E-state index >= 15 is 0 Å². The van der Waals surface area contributed by atoms with Crippen LogP contribution in [0.1, 0.15) is 49.7 Å². The molecule has 3 rings (SSSR count). The minimum absolute atomic E-state index is 0.0279. The number of hydrogen-bond acceptors (Lipinski definition) is 3. The Kier molecular flexibility index (Phi) is 8.00.